The Hall–Kier alpha value is -2.14. The van der Waals surface area contributed by atoms with E-state index in [1.807, 2.05) is 31.2 Å². The minimum absolute atomic E-state index is 0.277. The predicted octanol–water partition coefficient (Wildman–Crippen LogP) is 2.03. The molecule has 0 aliphatic carbocycles. The third-order valence-electron chi connectivity index (χ3n) is 3.10. The maximum absolute atomic E-state index is 10.9. The molecule has 19 heavy (non-hydrogen) atoms. The van der Waals surface area contributed by atoms with Gasteiger partial charge >= 0.3 is 5.97 Å². The number of aryl methyl sites for hydroxylation is 2. The van der Waals surface area contributed by atoms with E-state index in [1.54, 1.807) is 0 Å². The number of nitrogens with zero attached hydrogens (tertiary/aromatic N) is 1. The number of rotatable bonds is 4. The van der Waals surface area contributed by atoms with Crippen molar-refractivity contribution < 1.29 is 9.90 Å². The molecule has 1 aromatic carbocycles. The lowest BCUT2D eigenvalue weighted by Gasteiger charge is -2.01. The molecule has 0 amide bonds. The molecule has 0 radical (unpaired) electrons. The van der Waals surface area contributed by atoms with Crippen molar-refractivity contribution >= 4 is 5.97 Å². The van der Waals surface area contributed by atoms with Crippen molar-refractivity contribution in [3.8, 4) is 11.3 Å². The number of nitrogens with two attached hydrogens (primary N) is 1. The summed E-state index contributed by atoms with van der Waals surface area (Å²) in [6.07, 6.45) is 0.981. The monoisotopic (exact) mass is 259 g/mol. The normalized spacial score (nSPS) is 12.4. The molecule has 100 valence electrons. The van der Waals surface area contributed by atoms with Gasteiger partial charge in [-0.05, 0) is 18.9 Å². The van der Waals surface area contributed by atoms with Gasteiger partial charge in [-0.2, -0.15) is 0 Å². The first-order valence-electron chi connectivity index (χ1n) is 6.17. The van der Waals surface area contributed by atoms with Crippen LogP contribution >= 0.6 is 0 Å². The lowest BCUT2D eigenvalue weighted by molar-refractivity contribution is -0.138. The Labute approximate surface area is 111 Å². The molecule has 4 N–H and O–H groups in total. The van der Waals surface area contributed by atoms with Crippen LogP contribution in [0.3, 0.4) is 0 Å². The summed E-state index contributed by atoms with van der Waals surface area (Å²) < 4.78 is 0. The summed E-state index contributed by atoms with van der Waals surface area (Å²) in [5, 5.41) is 8.89. The molecule has 1 atom stereocenters. The van der Waals surface area contributed by atoms with Crippen molar-refractivity contribution in [1.82, 2.24) is 9.97 Å². The lowest BCUT2D eigenvalue weighted by atomic mass is 10.1. The standard InChI is InChI=1S/C14H17N3O2/c1-3-9-4-6-10(7-5-9)12-8(2)16-13(17-12)11(15)14(18)19/h4-7,11H,3,15H2,1-2H3,(H,16,17)(H,18,19). The second-order valence-electron chi connectivity index (χ2n) is 4.46. The molecule has 2 aromatic rings. The zero-order valence-corrected chi connectivity index (χ0v) is 11.0. The highest BCUT2D eigenvalue weighted by atomic mass is 16.4. The smallest absolute Gasteiger partial charge is 0.328 e. The molecule has 0 spiro atoms. The van der Waals surface area contributed by atoms with E-state index in [0.717, 1.165) is 23.4 Å². The number of nitrogens with one attached hydrogen (secondary N) is 1. The van der Waals surface area contributed by atoms with Gasteiger partial charge in [-0.15, -0.1) is 0 Å². The fourth-order valence-corrected chi connectivity index (χ4v) is 1.93. The predicted molar refractivity (Wildman–Crippen MR) is 72.7 cm³/mol. The minimum Gasteiger partial charge on any atom is -0.480 e. The van der Waals surface area contributed by atoms with Gasteiger partial charge in [0.25, 0.3) is 0 Å². The molecule has 0 saturated heterocycles. The maximum atomic E-state index is 10.9. The van der Waals surface area contributed by atoms with Crippen LogP contribution in [0.4, 0.5) is 0 Å². The first-order chi connectivity index (χ1) is 9.02. The van der Waals surface area contributed by atoms with Gasteiger partial charge in [0.05, 0.1) is 5.69 Å². The van der Waals surface area contributed by atoms with Crippen LogP contribution in [0.2, 0.25) is 0 Å². The van der Waals surface area contributed by atoms with Crippen LogP contribution in [-0.2, 0) is 11.2 Å². The number of carbonyl (C=O) groups is 1. The topological polar surface area (TPSA) is 92.0 Å². The molecular formula is C14H17N3O2. The van der Waals surface area contributed by atoms with Gasteiger partial charge in [-0.1, -0.05) is 31.2 Å². The van der Waals surface area contributed by atoms with Crippen molar-refractivity contribution in [3.63, 3.8) is 0 Å². The summed E-state index contributed by atoms with van der Waals surface area (Å²) in [4.78, 5) is 18.1. The summed E-state index contributed by atoms with van der Waals surface area (Å²) in [6.45, 7) is 3.95. The number of carboxylic acids is 1. The highest BCUT2D eigenvalue weighted by molar-refractivity contribution is 5.74. The van der Waals surface area contributed by atoms with Gasteiger partial charge in [0.2, 0.25) is 0 Å². The molecular weight excluding hydrogens is 242 g/mol. The number of aliphatic carboxylic acids is 1. The van der Waals surface area contributed by atoms with Crippen LogP contribution in [0.5, 0.6) is 0 Å². The number of benzene rings is 1. The summed E-state index contributed by atoms with van der Waals surface area (Å²) in [5.74, 6) is -0.818. The van der Waals surface area contributed by atoms with Crippen molar-refractivity contribution in [1.29, 1.82) is 0 Å². The van der Waals surface area contributed by atoms with Crippen LogP contribution in [0.1, 0.15) is 30.0 Å². The van der Waals surface area contributed by atoms with Gasteiger partial charge in [0.1, 0.15) is 5.82 Å². The minimum atomic E-state index is -1.12. The number of H-pyrrole nitrogens is 1. The van der Waals surface area contributed by atoms with Crippen LogP contribution in [0.25, 0.3) is 11.3 Å². The molecule has 2 rings (SSSR count). The van der Waals surface area contributed by atoms with Gasteiger partial charge in [0, 0.05) is 11.3 Å². The molecule has 1 aromatic heterocycles. The first kappa shape index (κ1) is 13.3. The van der Waals surface area contributed by atoms with E-state index in [4.69, 9.17) is 10.8 Å². The summed E-state index contributed by atoms with van der Waals surface area (Å²) >= 11 is 0. The number of carboxylic acid groups (broad SMARTS) is 1. The average molecular weight is 259 g/mol. The number of hydrogen-bond acceptors (Lipinski definition) is 3. The molecule has 1 unspecified atom stereocenters. The second kappa shape index (κ2) is 5.24. The molecule has 1 heterocycles. The van der Waals surface area contributed by atoms with E-state index >= 15 is 0 Å². The van der Waals surface area contributed by atoms with Crippen molar-refractivity contribution in [2.45, 2.75) is 26.3 Å². The van der Waals surface area contributed by atoms with E-state index in [2.05, 4.69) is 16.9 Å². The van der Waals surface area contributed by atoms with Gasteiger partial charge in [-0.25, -0.2) is 4.98 Å². The molecule has 0 aliphatic heterocycles. The number of aromatic amines is 1. The lowest BCUT2D eigenvalue weighted by Crippen LogP contribution is -2.21. The number of imidazole rings is 1. The third-order valence-corrected chi connectivity index (χ3v) is 3.10. The molecule has 5 nitrogen and oxygen atoms in total. The summed E-state index contributed by atoms with van der Waals surface area (Å²) in [5.41, 5.74) is 9.31. The van der Waals surface area contributed by atoms with E-state index in [-0.39, 0.29) is 5.82 Å². The Morgan fingerprint density at radius 1 is 1.42 bits per heavy atom. The Balaban J connectivity index is 2.36. The van der Waals surface area contributed by atoms with Crippen molar-refractivity contribution in [3.05, 3.63) is 41.3 Å². The maximum Gasteiger partial charge on any atom is 0.328 e. The quantitative estimate of drug-likeness (QED) is 0.783. The molecule has 0 aliphatic rings. The molecule has 0 saturated carbocycles. The van der Waals surface area contributed by atoms with Gasteiger partial charge in [0.15, 0.2) is 6.04 Å². The Morgan fingerprint density at radius 3 is 2.58 bits per heavy atom. The SMILES string of the molecule is CCc1ccc(-c2nc(C(N)C(=O)O)[nH]c2C)cc1. The Kier molecular flexibility index (Phi) is 3.66. The van der Waals surface area contributed by atoms with Crippen molar-refractivity contribution in [2.75, 3.05) is 0 Å². The largest absolute Gasteiger partial charge is 0.480 e. The molecule has 0 fully saturated rings. The Morgan fingerprint density at radius 2 is 2.05 bits per heavy atom. The van der Waals surface area contributed by atoms with E-state index in [1.165, 1.54) is 5.56 Å². The highest BCUT2D eigenvalue weighted by Crippen LogP contribution is 2.23. The molecule has 5 heteroatoms. The fourth-order valence-electron chi connectivity index (χ4n) is 1.93. The third kappa shape index (κ3) is 2.66. The number of aromatic nitrogens is 2. The van der Waals surface area contributed by atoms with Gasteiger partial charge in [-0.3, -0.25) is 4.79 Å². The zero-order valence-electron chi connectivity index (χ0n) is 11.0. The van der Waals surface area contributed by atoms with Crippen LogP contribution < -0.4 is 5.73 Å². The van der Waals surface area contributed by atoms with E-state index < -0.39 is 12.0 Å². The second-order valence-corrected chi connectivity index (χ2v) is 4.46. The van der Waals surface area contributed by atoms with Crippen LogP contribution in [-0.4, -0.2) is 21.0 Å². The zero-order chi connectivity index (χ0) is 14.0. The van der Waals surface area contributed by atoms with E-state index in [9.17, 15) is 4.79 Å². The van der Waals surface area contributed by atoms with Crippen molar-refractivity contribution in [2.24, 2.45) is 5.73 Å². The highest BCUT2D eigenvalue weighted by Gasteiger charge is 2.20. The molecule has 0 bridgehead atoms. The van der Waals surface area contributed by atoms with Crippen LogP contribution in [0, 0.1) is 6.92 Å². The Bertz CT molecular complexity index is 587. The van der Waals surface area contributed by atoms with Gasteiger partial charge < -0.3 is 15.8 Å². The van der Waals surface area contributed by atoms with Crippen LogP contribution in [0.15, 0.2) is 24.3 Å². The number of hydrogen-bond donors (Lipinski definition) is 3. The fraction of sp³-hybridized carbons (Fsp3) is 0.286. The summed E-state index contributed by atoms with van der Waals surface area (Å²) in [7, 11) is 0. The average Bonchev–Trinajstić information content (AvgIpc) is 2.80. The first-order valence-corrected chi connectivity index (χ1v) is 6.17. The summed E-state index contributed by atoms with van der Waals surface area (Å²) in [6, 6.07) is 6.93. The van der Waals surface area contributed by atoms with E-state index in [0.29, 0.717) is 0 Å².